The topological polar surface area (TPSA) is 53.8 Å². The molecule has 0 fully saturated rings. The molecule has 5 heteroatoms. The Hall–Kier alpha value is -3.60. The molecule has 0 radical (unpaired) electrons. The molecule has 0 bridgehead atoms. The Bertz CT molecular complexity index is 1140. The number of phenols is 1. The lowest BCUT2D eigenvalue weighted by Gasteiger charge is -2.16. The van der Waals surface area contributed by atoms with Gasteiger partial charge in [-0.1, -0.05) is 37.3 Å². The van der Waals surface area contributed by atoms with Crippen LogP contribution >= 0.6 is 0 Å². The lowest BCUT2D eigenvalue weighted by Crippen LogP contribution is -2.09. The molecule has 0 aromatic heterocycles. The quantitative estimate of drug-likeness (QED) is 0.519. The van der Waals surface area contributed by atoms with Gasteiger partial charge in [0.05, 0.1) is 13.2 Å². The first-order chi connectivity index (χ1) is 15.1. The van der Waals surface area contributed by atoms with E-state index in [0.29, 0.717) is 25.4 Å². The molecule has 0 amide bonds. The predicted octanol–water partition coefficient (Wildman–Crippen LogP) is 5.70. The highest BCUT2D eigenvalue weighted by atomic mass is 19.1. The number of hydrogen-bond donors (Lipinski definition) is 2. The number of nitrogens with one attached hydrogen (secondary N) is 1. The second kappa shape index (κ2) is 9.47. The van der Waals surface area contributed by atoms with E-state index in [9.17, 15) is 9.50 Å². The zero-order chi connectivity index (χ0) is 21.6. The maximum Gasteiger partial charge on any atom is 0.160 e. The summed E-state index contributed by atoms with van der Waals surface area (Å²) in [7, 11) is 0. The number of fused-ring (bicyclic) bond motifs is 1. The lowest BCUT2D eigenvalue weighted by atomic mass is 9.93. The van der Waals surface area contributed by atoms with Gasteiger partial charge in [-0.2, -0.15) is 0 Å². The zero-order valence-electron chi connectivity index (χ0n) is 17.4. The van der Waals surface area contributed by atoms with Crippen LogP contribution in [0.3, 0.4) is 0 Å². The summed E-state index contributed by atoms with van der Waals surface area (Å²) in [6.45, 7) is 3.78. The fourth-order valence-corrected chi connectivity index (χ4v) is 3.54. The van der Waals surface area contributed by atoms with E-state index in [2.05, 4.69) is 16.4 Å². The molecule has 0 spiro atoms. The highest BCUT2D eigenvalue weighted by Gasteiger charge is 2.12. The van der Waals surface area contributed by atoms with Gasteiger partial charge in [0.2, 0.25) is 0 Å². The molecule has 0 unspecified atom stereocenters. The van der Waals surface area contributed by atoms with E-state index < -0.39 is 0 Å². The number of phenolic OH excluding ortho intramolecular Hbond substituents is 1. The third-order valence-electron chi connectivity index (χ3n) is 5.12. The van der Waals surface area contributed by atoms with Gasteiger partial charge in [-0.25, -0.2) is 4.39 Å². The number of rotatable bonds is 7. The van der Waals surface area contributed by atoms with Gasteiger partial charge < -0.3 is 15.2 Å². The summed E-state index contributed by atoms with van der Waals surface area (Å²) in [5.41, 5.74) is 5.93. The second-order valence-electron chi connectivity index (χ2n) is 7.48. The molecule has 3 aromatic rings. The SMILES string of the molecule is CCCOc1ccc(CN/C=C2\C=NCc3ccc(-c4cccc(F)c4)cc32)cc1O. The van der Waals surface area contributed by atoms with E-state index in [1.807, 2.05) is 43.6 Å². The Kier molecular flexibility index (Phi) is 6.32. The zero-order valence-corrected chi connectivity index (χ0v) is 17.4. The van der Waals surface area contributed by atoms with Crippen molar-refractivity contribution in [1.29, 1.82) is 0 Å². The van der Waals surface area contributed by atoms with E-state index >= 15 is 0 Å². The Morgan fingerprint density at radius 2 is 1.97 bits per heavy atom. The Morgan fingerprint density at radius 3 is 2.77 bits per heavy atom. The minimum absolute atomic E-state index is 0.143. The molecule has 1 aliphatic heterocycles. The van der Waals surface area contributed by atoms with Crippen LogP contribution in [-0.4, -0.2) is 17.9 Å². The molecule has 2 N–H and O–H groups in total. The van der Waals surface area contributed by atoms with Gasteiger partial charge in [0.25, 0.3) is 0 Å². The summed E-state index contributed by atoms with van der Waals surface area (Å²) in [5.74, 6) is 0.399. The average Bonchev–Trinajstić information content (AvgIpc) is 2.78. The van der Waals surface area contributed by atoms with Crippen LogP contribution in [0.15, 0.2) is 71.9 Å². The molecular weight excluding hydrogens is 391 g/mol. The average molecular weight is 416 g/mol. The maximum atomic E-state index is 13.6. The fourth-order valence-electron chi connectivity index (χ4n) is 3.54. The number of nitrogens with zero attached hydrogens (tertiary/aromatic N) is 1. The molecule has 0 saturated carbocycles. The smallest absolute Gasteiger partial charge is 0.160 e. The van der Waals surface area contributed by atoms with Gasteiger partial charge in [0.15, 0.2) is 11.5 Å². The molecule has 158 valence electrons. The van der Waals surface area contributed by atoms with Crippen LogP contribution in [0.1, 0.15) is 30.0 Å². The van der Waals surface area contributed by atoms with Crippen molar-refractivity contribution in [3.05, 3.63) is 89.4 Å². The molecule has 0 atom stereocenters. The van der Waals surface area contributed by atoms with Gasteiger partial charge in [0.1, 0.15) is 5.82 Å². The summed E-state index contributed by atoms with van der Waals surface area (Å²) in [6.07, 6.45) is 4.67. The molecular formula is C26H25FN2O2. The Balaban J connectivity index is 1.50. The Labute approximate surface area is 181 Å². The van der Waals surface area contributed by atoms with Crippen molar-refractivity contribution in [2.24, 2.45) is 4.99 Å². The van der Waals surface area contributed by atoms with Crippen LogP contribution in [0.25, 0.3) is 16.7 Å². The van der Waals surface area contributed by atoms with Crippen molar-refractivity contribution in [2.75, 3.05) is 6.61 Å². The Morgan fingerprint density at radius 1 is 1.10 bits per heavy atom. The monoisotopic (exact) mass is 416 g/mol. The number of aliphatic imine (C=N–C) groups is 1. The number of ether oxygens (including phenoxy) is 1. The van der Waals surface area contributed by atoms with Gasteiger partial charge in [-0.15, -0.1) is 0 Å². The maximum absolute atomic E-state index is 13.6. The molecule has 4 nitrogen and oxygen atoms in total. The molecule has 3 aromatic carbocycles. The molecule has 4 rings (SSSR count). The highest BCUT2D eigenvalue weighted by molar-refractivity contribution is 6.11. The minimum Gasteiger partial charge on any atom is -0.504 e. The summed E-state index contributed by atoms with van der Waals surface area (Å²) in [4.78, 5) is 4.45. The van der Waals surface area contributed by atoms with E-state index in [4.69, 9.17) is 4.74 Å². The van der Waals surface area contributed by atoms with Crippen molar-refractivity contribution in [1.82, 2.24) is 5.32 Å². The van der Waals surface area contributed by atoms with E-state index in [-0.39, 0.29) is 11.6 Å². The van der Waals surface area contributed by atoms with Crippen LogP contribution < -0.4 is 10.1 Å². The number of halogens is 1. The summed E-state index contributed by atoms with van der Waals surface area (Å²) >= 11 is 0. The third kappa shape index (κ3) is 4.94. The fraction of sp³-hybridized carbons (Fsp3) is 0.192. The van der Waals surface area contributed by atoms with Gasteiger partial charge in [-0.3, -0.25) is 4.99 Å². The lowest BCUT2D eigenvalue weighted by molar-refractivity contribution is 0.299. The van der Waals surface area contributed by atoms with Crippen molar-refractivity contribution in [2.45, 2.75) is 26.4 Å². The molecule has 1 heterocycles. The van der Waals surface area contributed by atoms with Crippen molar-refractivity contribution in [3.63, 3.8) is 0 Å². The first-order valence-corrected chi connectivity index (χ1v) is 10.4. The van der Waals surface area contributed by atoms with Crippen LogP contribution in [0.2, 0.25) is 0 Å². The van der Waals surface area contributed by atoms with Crippen molar-refractivity contribution >= 4 is 11.8 Å². The van der Waals surface area contributed by atoms with Crippen LogP contribution in [0.4, 0.5) is 4.39 Å². The van der Waals surface area contributed by atoms with E-state index in [1.54, 1.807) is 24.3 Å². The van der Waals surface area contributed by atoms with E-state index in [0.717, 1.165) is 39.8 Å². The summed E-state index contributed by atoms with van der Waals surface area (Å²) < 4.78 is 19.2. The van der Waals surface area contributed by atoms with Gasteiger partial charge in [0, 0.05) is 24.5 Å². The molecule has 0 saturated heterocycles. The number of benzene rings is 3. The van der Waals surface area contributed by atoms with Crippen molar-refractivity contribution < 1.29 is 14.2 Å². The molecule has 0 aliphatic carbocycles. The molecule has 31 heavy (non-hydrogen) atoms. The highest BCUT2D eigenvalue weighted by Crippen LogP contribution is 2.30. The van der Waals surface area contributed by atoms with Crippen molar-refractivity contribution in [3.8, 4) is 22.6 Å². The first kappa shape index (κ1) is 20.7. The largest absolute Gasteiger partial charge is 0.504 e. The summed E-state index contributed by atoms with van der Waals surface area (Å²) in [6, 6.07) is 18.2. The number of allylic oxidation sites excluding steroid dienone is 1. The number of aromatic hydroxyl groups is 1. The standard InChI is InChI=1S/C26H25FN2O2/c1-2-10-31-26-9-6-18(11-25(26)30)14-28-16-22-17-29-15-21-8-7-20(13-24(21)22)19-4-3-5-23(27)12-19/h3-9,11-13,16-17,28,30H,2,10,14-15H2,1H3/b22-16+. The number of hydrogen-bond acceptors (Lipinski definition) is 4. The van der Waals surface area contributed by atoms with Gasteiger partial charge >= 0.3 is 0 Å². The van der Waals surface area contributed by atoms with E-state index in [1.165, 1.54) is 6.07 Å². The molecule has 1 aliphatic rings. The predicted molar refractivity (Wildman–Crippen MR) is 123 cm³/mol. The minimum atomic E-state index is -0.247. The van der Waals surface area contributed by atoms with Gasteiger partial charge in [-0.05, 0) is 64.6 Å². The first-order valence-electron chi connectivity index (χ1n) is 10.4. The van der Waals surface area contributed by atoms with Crippen LogP contribution in [0, 0.1) is 5.82 Å². The second-order valence-corrected chi connectivity index (χ2v) is 7.48. The van der Waals surface area contributed by atoms with Crippen LogP contribution in [-0.2, 0) is 13.1 Å². The third-order valence-corrected chi connectivity index (χ3v) is 5.12. The summed E-state index contributed by atoms with van der Waals surface area (Å²) in [5, 5.41) is 13.4. The normalized spacial score (nSPS) is 13.8. The van der Waals surface area contributed by atoms with Crippen LogP contribution in [0.5, 0.6) is 11.5 Å².